The van der Waals surface area contributed by atoms with Crippen LogP contribution in [0, 0.1) is 6.92 Å². The van der Waals surface area contributed by atoms with Crippen molar-refractivity contribution >= 4 is 28.9 Å². The van der Waals surface area contributed by atoms with Gasteiger partial charge in [0, 0.05) is 28.4 Å². The Kier molecular flexibility index (Phi) is 8.19. The smallest absolute Gasteiger partial charge is 0.249 e. The van der Waals surface area contributed by atoms with Gasteiger partial charge in [0.2, 0.25) is 5.91 Å². The minimum absolute atomic E-state index is 0.101. The lowest BCUT2D eigenvalue weighted by molar-refractivity contribution is -0.117. The van der Waals surface area contributed by atoms with E-state index in [1.165, 1.54) is 34.4 Å². The zero-order valence-corrected chi connectivity index (χ0v) is 21.0. The van der Waals surface area contributed by atoms with E-state index < -0.39 is 6.04 Å². The third kappa shape index (κ3) is 6.02. The molecule has 36 heavy (non-hydrogen) atoms. The van der Waals surface area contributed by atoms with Crippen molar-refractivity contribution in [3.63, 3.8) is 0 Å². The van der Waals surface area contributed by atoms with Crippen LogP contribution in [-0.4, -0.2) is 22.8 Å². The first-order valence-corrected chi connectivity index (χ1v) is 12.3. The number of aryl methyl sites for hydroxylation is 2. The summed E-state index contributed by atoms with van der Waals surface area (Å²) in [5.74, 6) is -0.0376. The van der Waals surface area contributed by atoms with E-state index in [1.54, 1.807) is 18.2 Å². The predicted molar refractivity (Wildman–Crippen MR) is 150 cm³/mol. The van der Waals surface area contributed by atoms with Gasteiger partial charge in [-0.05, 0) is 72.4 Å². The number of aliphatic hydroxyl groups is 1. The molecule has 1 aliphatic heterocycles. The third-order valence-electron chi connectivity index (χ3n) is 6.19. The fourth-order valence-electron chi connectivity index (χ4n) is 4.39. The van der Waals surface area contributed by atoms with E-state index in [0.29, 0.717) is 30.0 Å². The Labute approximate surface area is 217 Å². The summed E-state index contributed by atoms with van der Waals surface area (Å²) in [5.41, 5.74) is 6.98. The van der Waals surface area contributed by atoms with E-state index in [9.17, 15) is 9.90 Å². The molecule has 0 aliphatic carbocycles. The number of benzene rings is 3. The number of hydrogen-bond acceptors (Lipinski definition) is 3. The first-order valence-electron chi connectivity index (χ1n) is 12.0. The summed E-state index contributed by atoms with van der Waals surface area (Å²) in [6.45, 7) is 5.70. The monoisotopic (exact) mass is 496 g/mol. The number of nitrogens with one attached hydrogen (secondary N) is 1. The van der Waals surface area contributed by atoms with E-state index in [2.05, 4.69) is 43.1 Å². The maximum atomic E-state index is 13.2. The van der Waals surface area contributed by atoms with Crippen molar-refractivity contribution in [3.8, 4) is 11.1 Å². The van der Waals surface area contributed by atoms with E-state index in [4.69, 9.17) is 16.6 Å². The van der Waals surface area contributed by atoms with Crippen molar-refractivity contribution in [2.75, 3.05) is 5.32 Å². The number of amides is 1. The number of nitrogens with zero attached hydrogens (tertiary/aromatic N) is 1. The normalized spacial score (nSPS) is 15.7. The Morgan fingerprint density at radius 2 is 1.83 bits per heavy atom. The predicted octanol–water partition coefficient (Wildman–Crippen LogP) is 7.63. The summed E-state index contributed by atoms with van der Waals surface area (Å²) in [7, 11) is 0. The molecular formula is C31H29ClN2O2. The SMILES string of the molecule is C=C/C=C(O)\C=C/CC1=NC(CCc2ccccc2-c2ccccc2C)C(=O)Nc2ccc(Cl)cc21. The molecule has 4 rings (SSSR count). The van der Waals surface area contributed by atoms with Crippen LogP contribution in [0.5, 0.6) is 0 Å². The molecule has 1 unspecified atom stereocenters. The summed E-state index contributed by atoms with van der Waals surface area (Å²) in [6, 6.07) is 21.5. The molecule has 1 amide bonds. The maximum absolute atomic E-state index is 13.2. The van der Waals surface area contributed by atoms with Crippen molar-refractivity contribution < 1.29 is 9.90 Å². The average Bonchev–Trinajstić information content (AvgIpc) is 2.99. The second-order valence-electron chi connectivity index (χ2n) is 8.72. The van der Waals surface area contributed by atoms with Crippen molar-refractivity contribution in [1.82, 2.24) is 0 Å². The van der Waals surface area contributed by atoms with Crippen molar-refractivity contribution in [1.29, 1.82) is 0 Å². The number of aliphatic hydroxyl groups excluding tert-OH is 1. The number of hydrogen-bond donors (Lipinski definition) is 2. The molecule has 0 bridgehead atoms. The van der Waals surface area contributed by atoms with Crippen LogP contribution in [0.1, 0.15) is 29.5 Å². The maximum Gasteiger partial charge on any atom is 0.249 e. The molecule has 3 aromatic carbocycles. The lowest BCUT2D eigenvalue weighted by Gasteiger charge is -2.15. The second kappa shape index (κ2) is 11.7. The molecule has 2 N–H and O–H groups in total. The van der Waals surface area contributed by atoms with Gasteiger partial charge < -0.3 is 10.4 Å². The molecule has 5 heteroatoms. The fraction of sp³-hybridized carbons (Fsp3) is 0.161. The molecule has 182 valence electrons. The van der Waals surface area contributed by atoms with Gasteiger partial charge in [-0.2, -0.15) is 0 Å². The van der Waals surface area contributed by atoms with Crippen LogP contribution >= 0.6 is 11.6 Å². The number of aliphatic imine (C=N–C) groups is 1. The number of carbonyl (C=O) groups is 1. The van der Waals surface area contributed by atoms with Gasteiger partial charge in [0.1, 0.15) is 11.8 Å². The van der Waals surface area contributed by atoms with Gasteiger partial charge in [-0.15, -0.1) is 0 Å². The molecule has 1 heterocycles. The first-order chi connectivity index (χ1) is 17.5. The molecule has 1 aliphatic rings. The fourth-order valence-corrected chi connectivity index (χ4v) is 4.56. The number of carbonyl (C=O) groups excluding carboxylic acids is 1. The van der Waals surface area contributed by atoms with Crippen molar-refractivity contribution in [2.45, 2.75) is 32.2 Å². The quantitative estimate of drug-likeness (QED) is 0.249. The molecule has 0 spiro atoms. The average molecular weight is 497 g/mol. The number of fused-ring (bicyclic) bond motifs is 1. The Hall–Kier alpha value is -3.89. The number of anilines is 1. The Bertz CT molecular complexity index is 1370. The van der Waals surface area contributed by atoms with E-state index in [-0.39, 0.29) is 11.7 Å². The highest BCUT2D eigenvalue weighted by Gasteiger charge is 2.25. The van der Waals surface area contributed by atoms with Gasteiger partial charge in [0.25, 0.3) is 0 Å². The van der Waals surface area contributed by atoms with Crippen LogP contribution in [0.4, 0.5) is 5.69 Å². The molecule has 1 atom stereocenters. The largest absolute Gasteiger partial charge is 0.508 e. The molecular weight excluding hydrogens is 468 g/mol. The van der Waals surface area contributed by atoms with Gasteiger partial charge >= 0.3 is 0 Å². The van der Waals surface area contributed by atoms with Crippen LogP contribution in [0.15, 0.2) is 108 Å². The van der Waals surface area contributed by atoms with Gasteiger partial charge in [0.15, 0.2) is 0 Å². The van der Waals surface area contributed by atoms with Crippen LogP contribution in [0.2, 0.25) is 5.02 Å². The summed E-state index contributed by atoms with van der Waals surface area (Å²) >= 11 is 6.28. The number of halogens is 1. The van der Waals surface area contributed by atoms with Crippen LogP contribution in [-0.2, 0) is 11.2 Å². The van der Waals surface area contributed by atoms with E-state index in [0.717, 1.165) is 11.3 Å². The minimum atomic E-state index is -0.554. The second-order valence-corrected chi connectivity index (χ2v) is 9.15. The van der Waals surface area contributed by atoms with Crippen LogP contribution in [0.25, 0.3) is 11.1 Å². The van der Waals surface area contributed by atoms with Gasteiger partial charge in [-0.25, -0.2) is 0 Å². The summed E-state index contributed by atoms with van der Waals surface area (Å²) < 4.78 is 0. The molecule has 0 saturated carbocycles. The highest BCUT2D eigenvalue weighted by molar-refractivity contribution is 6.31. The molecule has 0 aromatic heterocycles. The Balaban J connectivity index is 1.63. The standard InChI is InChI=1S/C31H29ClN2O2/c1-3-9-24(35)12-8-15-28-27-20-23(32)17-19-29(27)34-31(36)30(33-28)18-16-22-11-5-7-14-26(22)25-13-6-4-10-21(25)2/h3-14,17,19-20,30,35H,1,15-16,18H2,2H3,(H,34,36)/b12-8-,24-9+. The highest BCUT2D eigenvalue weighted by Crippen LogP contribution is 2.30. The topological polar surface area (TPSA) is 61.7 Å². The molecule has 3 aromatic rings. The van der Waals surface area contributed by atoms with Crippen molar-refractivity contribution in [3.05, 3.63) is 125 Å². The lowest BCUT2D eigenvalue weighted by Crippen LogP contribution is -2.26. The molecule has 0 radical (unpaired) electrons. The zero-order chi connectivity index (χ0) is 25.5. The summed E-state index contributed by atoms with van der Waals surface area (Å²) in [6.07, 6.45) is 8.15. The van der Waals surface area contributed by atoms with E-state index >= 15 is 0 Å². The molecule has 0 fully saturated rings. The summed E-state index contributed by atoms with van der Waals surface area (Å²) in [4.78, 5) is 18.1. The molecule has 0 saturated heterocycles. The Morgan fingerprint density at radius 1 is 1.08 bits per heavy atom. The Morgan fingerprint density at radius 3 is 2.61 bits per heavy atom. The van der Waals surface area contributed by atoms with Gasteiger partial charge in [0.05, 0.1) is 0 Å². The number of benzodiazepines with no additional fused rings is 1. The zero-order valence-electron chi connectivity index (χ0n) is 20.2. The molecule has 4 nitrogen and oxygen atoms in total. The van der Waals surface area contributed by atoms with Crippen LogP contribution < -0.4 is 5.32 Å². The lowest BCUT2D eigenvalue weighted by atomic mass is 9.93. The van der Waals surface area contributed by atoms with Crippen molar-refractivity contribution in [2.24, 2.45) is 4.99 Å². The van der Waals surface area contributed by atoms with E-state index in [1.807, 2.05) is 36.4 Å². The number of allylic oxidation sites excluding steroid dienone is 4. The number of rotatable bonds is 8. The third-order valence-corrected chi connectivity index (χ3v) is 6.43. The summed E-state index contributed by atoms with van der Waals surface area (Å²) in [5, 5.41) is 13.5. The van der Waals surface area contributed by atoms with Crippen LogP contribution in [0.3, 0.4) is 0 Å². The van der Waals surface area contributed by atoms with Gasteiger partial charge in [-0.1, -0.05) is 78.9 Å². The van der Waals surface area contributed by atoms with Gasteiger partial charge in [-0.3, -0.25) is 9.79 Å². The first kappa shape index (κ1) is 25.2. The highest BCUT2D eigenvalue weighted by atomic mass is 35.5. The minimum Gasteiger partial charge on any atom is -0.508 e.